The Labute approximate surface area is 175 Å². The summed E-state index contributed by atoms with van der Waals surface area (Å²) in [5, 5.41) is 3.11. The fraction of sp³-hybridized carbons (Fsp3) is 0.682. The Kier molecular flexibility index (Phi) is 6.46. The second-order valence-electron chi connectivity index (χ2n) is 9.38. The SMILES string of the molecule is CC(C)(C)c1ccc2c(c1)N(S(C)(=O)=O)C[C@H](C(=O)NC1CCCCCCC1)O2. The van der Waals surface area contributed by atoms with Crippen LogP contribution < -0.4 is 14.4 Å². The molecule has 1 aromatic rings. The van der Waals surface area contributed by atoms with Crippen molar-refractivity contribution in [3.05, 3.63) is 23.8 Å². The minimum atomic E-state index is -3.54. The van der Waals surface area contributed by atoms with E-state index in [1.165, 1.54) is 29.8 Å². The molecule has 1 atom stereocenters. The van der Waals surface area contributed by atoms with E-state index in [9.17, 15) is 13.2 Å². The van der Waals surface area contributed by atoms with E-state index in [0.717, 1.165) is 31.2 Å². The Balaban J connectivity index is 1.82. The first-order chi connectivity index (χ1) is 13.6. The minimum absolute atomic E-state index is 0.00200. The van der Waals surface area contributed by atoms with Crippen LogP contribution in [0.2, 0.25) is 0 Å². The van der Waals surface area contributed by atoms with E-state index < -0.39 is 16.1 Å². The molecule has 29 heavy (non-hydrogen) atoms. The van der Waals surface area contributed by atoms with Crippen molar-refractivity contribution in [2.75, 3.05) is 17.1 Å². The lowest BCUT2D eigenvalue weighted by atomic mass is 9.86. The number of anilines is 1. The molecule has 1 heterocycles. The van der Waals surface area contributed by atoms with E-state index in [4.69, 9.17) is 4.74 Å². The van der Waals surface area contributed by atoms with Crippen molar-refractivity contribution in [2.45, 2.75) is 83.3 Å². The summed E-state index contributed by atoms with van der Waals surface area (Å²) in [6.45, 7) is 6.23. The summed E-state index contributed by atoms with van der Waals surface area (Å²) in [6.07, 6.45) is 8.19. The Bertz CT molecular complexity index is 837. The lowest BCUT2D eigenvalue weighted by molar-refractivity contribution is -0.128. The Hall–Kier alpha value is -1.76. The van der Waals surface area contributed by atoms with Crippen molar-refractivity contribution in [2.24, 2.45) is 0 Å². The molecule has 1 saturated carbocycles. The molecule has 7 heteroatoms. The molecule has 1 aliphatic heterocycles. The number of benzene rings is 1. The number of rotatable bonds is 3. The molecule has 1 aromatic carbocycles. The molecule has 0 aromatic heterocycles. The monoisotopic (exact) mass is 422 g/mol. The molecule has 0 spiro atoms. The average molecular weight is 423 g/mol. The fourth-order valence-electron chi connectivity index (χ4n) is 4.06. The standard InChI is InChI=1S/C22H34N2O4S/c1-22(2,3)16-12-13-19-18(14-16)24(29(4,26)27)15-20(28-19)21(25)23-17-10-8-6-5-7-9-11-17/h12-14,17,20H,5-11,15H2,1-4H3,(H,23,25)/t20-/m1/s1. The van der Waals surface area contributed by atoms with Crippen molar-refractivity contribution in [3.8, 4) is 5.75 Å². The fourth-order valence-corrected chi connectivity index (χ4v) is 4.97. The van der Waals surface area contributed by atoms with Crippen LogP contribution >= 0.6 is 0 Å². The summed E-state index contributed by atoms with van der Waals surface area (Å²) >= 11 is 0. The number of nitrogens with zero attached hydrogens (tertiary/aromatic N) is 1. The summed E-state index contributed by atoms with van der Waals surface area (Å²) in [5.41, 5.74) is 1.41. The maximum Gasteiger partial charge on any atom is 0.263 e. The topological polar surface area (TPSA) is 75.7 Å². The van der Waals surface area contributed by atoms with Crippen LogP contribution in [-0.4, -0.2) is 39.3 Å². The zero-order valence-corrected chi connectivity index (χ0v) is 18.8. The lowest BCUT2D eigenvalue weighted by Crippen LogP contribution is -2.52. The third-order valence-corrected chi connectivity index (χ3v) is 6.99. The van der Waals surface area contributed by atoms with E-state index in [0.29, 0.717) is 11.4 Å². The average Bonchev–Trinajstić information content (AvgIpc) is 2.60. The van der Waals surface area contributed by atoms with Crippen LogP contribution in [0, 0.1) is 0 Å². The third-order valence-electron chi connectivity index (χ3n) is 5.84. The molecule has 1 fully saturated rings. The van der Waals surface area contributed by atoms with Gasteiger partial charge in [-0.05, 0) is 36.0 Å². The van der Waals surface area contributed by atoms with Gasteiger partial charge in [0.2, 0.25) is 10.0 Å². The van der Waals surface area contributed by atoms with Crippen LogP contribution in [0.1, 0.15) is 71.3 Å². The van der Waals surface area contributed by atoms with Gasteiger partial charge in [-0.25, -0.2) is 8.42 Å². The number of nitrogens with one attached hydrogen (secondary N) is 1. The van der Waals surface area contributed by atoms with Crippen LogP contribution in [0.15, 0.2) is 18.2 Å². The lowest BCUT2D eigenvalue weighted by Gasteiger charge is -2.35. The molecule has 0 unspecified atom stereocenters. The van der Waals surface area contributed by atoms with E-state index in [2.05, 4.69) is 26.1 Å². The maximum absolute atomic E-state index is 12.9. The molecule has 162 valence electrons. The van der Waals surface area contributed by atoms with Gasteiger partial charge in [0.1, 0.15) is 5.75 Å². The van der Waals surface area contributed by atoms with E-state index >= 15 is 0 Å². The first-order valence-electron chi connectivity index (χ1n) is 10.6. The van der Waals surface area contributed by atoms with Gasteiger partial charge in [0.05, 0.1) is 18.5 Å². The molecule has 2 aliphatic rings. The van der Waals surface area contributed by atoms with Crippen molar-refractivity contribution >= 4 is 21.6 Å². The molecular formula is C22H34N2O4S. The number of sulfonamides is 1. The number of hydrogen-bond donors (Lipinski definition) is 1. The number of amides is 1. The van der Waals surface area contributed by atoms with Crippen LogP contribution in [0.3, 0.4) is 0 Å². The van der Waals surface area contributed by atoms with Crippen LogP contribution in [0.4, 0.5) is 5.69 Å². The van der Waals surface area contributed by atoms with Gasteiger partial charge in [0, 0.05) is 6.04 Å². The molecule has 0 bridgehead atoms. The number of hydrogen-bond acceptors (Lipinski definition) is 4. The van der Waals surface area contributed by atoms with Crippen LogP contribution in [0.25, 0.3) is 0 Å². The molecule has 0 radical (unpaired) electrons. The molecular weight excluding hydrogens is 388 g/mol. The van der Waals surface area contributed by atoms with Crippen LogP contribution in [0.5, 0.6) is 5.75 Å². The third kappa shape index (κ3) is 5.44. The molecule has 3 rings (SSSR count). The normalized spacial score (nSPS) is 21.5. The number of carbonyl (C=O) groups excluding carboxylic acids is 1. The zero-order valence-electron chi connectivity index (χ0n) is 18.0. The smallest absolute Gasteiger partial charge is 0.263 e. The summed E-state index contributed by atoms with van der Waals surface area (Å²) in [5.74, 6) is 0.210. The van der Waals surface area contributed by atoms with Crippen molar-refractivity contribution < 1.29 is 17.9 Å². The summed E-state index contributed by atoms with van der Waals surface area (Å²) in [7, 11) is -3.54. The molecule has 6 nitrogen and oxygen atoms in total. The summed E-state index contributed by atoms with van der Waals surface area (Å²) in [6, 6.07) is 5.72. The molecule has 0 saturated heterocycles. The summed E-state index contributed by atoms with van der Waals surface area (Å²) < 4.78 is 32.3. The van der Waals surface area contributed by atoms with Gasteiger partial charge in [-0.3, -0.25) is 9.10 Å². The largest absolute Gasteiger partial charge is 0.476 e. The van der Waals surface area contributed by atoms with Gasteiger partial charge >= 0.3 is 0 Å². The van der Waals surface area contributed by atoms with E-state index in [1.807, 2.05) is 12.1 Å². The highest BCUT2D eigenvalue weighted by atomic mass is 32.2. The predicted octanol–water partition coefficient (Wildman–Crippen LogP) is 3.74. The van der Waals surface area contributed by atoms with Gasteiger partial charge in [-0.15, -0.1) is 0 Å². The number of ether oxygens (including phenoxy) is 1. The second kappa shape index (κ2) is 8.54. The van der Waals surface area contributed by atoms with Crippen molar-refractivity contribution in [1.82, 2.24) is 5.32 Å². The van der Waals surface area contributed by atoms with E-state index in [-0.39, 0.29) is 23.9 Å². The van der Waals surface area contributed by atoms with Gasteiger partial charge < -0.3 is 10.1 Å². The quantitative estimate of drug-likeness (QED) is 0.805. The Morgan fingerprint density at radius 2 is 1.72 bits per heavy atom. The van der Waals surface area contributed by atoms with Gasteiger partial charge in [-0.1, -0.05) is 58.9 Å². The summed E-state index contributed by atoms with van der Waals surface area (Å²) in [4.78, 5) is 12.9. The van der Waals surface area contributed by atoms with Crippen molar-refractivity contribution in [3.63, 3.8) is 0 Å². The first-order valence-corrected chi connectivity index (χ1v) is 12.5. The Morgan fingerprint density at radius 3 is 2.31 bits per heavy atom. The van der Waals surface area contributed by atoms with E-state index in [1.54, 1.807) is 6.07 Å². The molecule has 1 aliphatic carbocycles. The van der Waals surface area contributed by atoms with Gasteiger partial charge in [-0.2, -0.15) is 0 Å². The highest BCUT2D eigenvalue weighted by molar-refractivity contribution is 7.92. The highest BCUT2D eigenvalue weighted by Crippen LogP contribution is 2.38. The van der Waals surface area contributed by atoms with Crippen molar-refractivity contribution in [1.29, 1.82) is 0 Å². The van der Waals surface area contributed by atoms with Gasteiger partial charge in [0.15, 0.2) is 6.10 Å². The van der Waals surface area contributed by atoms with Gasteiger partial charge in [0.25, 0.3) is 5.91 Å². The van der Waals surface area contributed by atoms with Crippen LogP contribution in [-0.2, 0) is 20.2 Å². The Morgan fingerprint density at radius 1 is 1.10 bits per heavy atom. The second-order valence-corrected chi connectivity index (χ2v) is 11.3. The first kappa shape index (κ1) is 21.9. The predicted molar refractivity (Wildman–Crippen MR) is 116 cm³/mol. The number of carbonyl (C=O) groups is 1. The number of fused-ring (bicyclic) bond motifs is 1. The molecule has 1 amide bonds. The highest BCUT2D eigenvalue weighted by Gasteiger charge is 2.36. The molecule has 1 N–H and O–H groups in total. The maximum atomic E-state index is 12.9. The minimum Gasteiger partial charge on any atom is -0.476 e. The zero-order chi connectivity index (χ0) is 21.2.